The third kappa shape index (κ3) is 6.08. The van der Waals surface area contributed by atoms with Crippen LogP contribution in [0, 0.1) is 5.82 Å². The number of esters is 1. The Labute approximate surface area is 159 Å². The van der Waals surface area contributed by atoms with Crippen LogP contribution in [0.15, 0.2) is 53.4 Å². The number of hydrogen-bond donors (Lipinski definition) is 1. The maximum atomic E-state index is 12.8. The van der Waals surface area contributed by atoms with Crippen molar-refractivity contribution in [1.29, 1.82) is 0 Å². The lowest BCUT2D eigenvalue weighted by Crippen LogP contribution is -2.21. The van der Waals surface area contributed by atoms with Crippen LogP contribution in [0.25, 0.3) is 0 Å². The fourth-order valence-electron chi connectivity index (χ4n) is 2.14. The molecule has 0 saturated heterocycles. The van der Waals surface area contributed by atoms with E-state index in [4.69, 9.17) is 4.74 Å². The molecule has 6 nitrogen and oxygen atoms in total. The lowest BCUT2D eigenvalue weighted by molar-refractivity contribution is -0.147. The maximum absolute atomic E-state index is 12.8. The number of amides is 1. The summed E-state index contributed by atoms with van der Waals surface area (Å²) >= 11 is 0. The molecule has 28 heavy (non-hydrogen) atoms. The summed E-state index contributed by atoms with van der Waals surface area (Å²) in [7, 11) is -4.71. The Hall–Kier alpha value is -2.88. The smallest absolute Gasteiger partial charge is 0.341 e. The standard InChI is InChI=1S/C18H16F3NO5S/c19-13-4-1-12(2-5-13)3-10-17(24)27-11-16(23)22-14-6-8-15(9-7-14)28(25,26)18(20)21/h1-2,4-9,18H,3,10-11H2,(H,22,23). The molecule has 0 fully saturated rings. The number of hydrogen-bond acceptors (Lipinski definition) is 5. The van der Waals surface area contributed by atoms with Gasteiger partial charge in [0.05, 0.1) is 4.90 Å². The predicted octanol–water partition coefficient (Wildman–Crippen LogP) is 2.94. The average Bonchev–Trinajstić information content (AvgIpc) is 2.66. The Morgan fingerprint density at radius 1 is 1.00 bits per heavy atom. The van der Waals surface area contributed by atoms with E-state index in [2.05, 4.69) is 5.32 Å². The van der Waals surface area contributed by atoms with Crippen LogP contribution < -0.4 is 5.32 Å². The van der Waals surface area contributed by atoms with Crippen LogP contribution in [0.3, 0.4) is 0 Å². The van der Waals surface area contributed by atoms with Crippen molar-refractivity contribution in [3.05, 3.63) is 59.9 Å². The zero-order chi connectivity index (χ0) is 20.7. The largest absolute Gasteiger partial charge is 0.456 e. The third-order valence-electron chi connectivity index (χ3n) is 3.60. The minimum Gasteiger partial charge on any atom is -0.456 e. The van der Waals surface area contributed by atoms with E-state index >= 15 is 0 Å². The van der Waals surface area contributed by atoms with Crippen molar-refractivity contribution in [2.45, 2.75) is 23.5 Å². The average molecular weight is 415 g/mol. The number of alkyl halides is 2. The van der Waals surface area contributed by atoms with Gasteiger partial charge < -0.3 is 10.1 Å². The molecule has 0 heterocycles. The molecule has 10 heteroatoms. The lowest BCUT2D eigenvalue weighted by Gasteiger charge is -2.08. The molecule has 2 aromatic carbocycles. The zero-order valence-corrected chi connectivity index (χ0v) is 15.2. The Morgan fingerprint density at radius 3 is 2.18 bits per heavy atom. The molecule has 1 N–H and O–H groups in total. The van der Waals surface area contributed by atoms with E-state index in [0.29, 0.717) is 6.42 Å². The molecule has 0 radical (unpaired) electrons. The van der Waals surface area contributed by atoms with E-state index in [1.807, 2.05) is 0 Å². The Kier molecular flexibility index (Phi) is 7.16. The molecule has 0 aliphatic heterocycles. The number of anilines is 1. The van der Waals surface area contributed by atoms with Crippen LogP contribution in [0.1, 0.15) is 12.0 Å². The maximum Gasteiger partial charge on any atom is 0.341 e. The van der Waals surface area contributed by atoms with E-state index in [0.717, 1.165) is 29.8 Å². The van der Waals surface area contributed by atoms with Gasteiger partial charge >= 0.3 is 11.7 Å². The van der Waals surface area contributed by atoms with Crippen LogP contribution >= 0.6 is 0 Å². The molecule has 0 spiro atoms. The number of ether oxygens (including phenoxy) is 1. The van der Waals surface area contributed by atoms with Gasteiger partial charge in [-0.25, -0.2) is 12.8 Å². The first-order chi connectivity index (χ1) is 13.2. The summed E-state index contributed by atoms with van der Waals surface area (Å²) in [4.78, 5) is 22.8. The molecular weight excluding hydrogens is 399 g/mol. The summed E-state index contributed by atoms with van der Waals surface area (Å²) < 4.78 is 65.1. The second-order valence-corrected chi connectivity index (χ2v) is 7.58. The topological polar surface area (TPSA) is 89.5 Å². The predicted molar refractivity (Wildman–Crippen MR) is 93.9 cm³/mol. The van der Waals surface area contributed by atoms with E-state index in [1.165, 1.54) is 24.3 Å². The number of sulfone groups is 1. The minimum absolute atomic E-state index is 0.000896. The highest BCUT2D eigenvalue weighted by Gasteiger charge is 2.26. The molecule has 0 aliphatic carbocycles. The zero-order valence-electron chi connectivity index (χ0n) is 14.4. The molecule has 0 bridgehead atoms. The summed E-state index contributed by atoms with van der Waals surface area (Å²) in [5.74, 6) is -5.23. The summed E-state index contributed by atoms with van der Waals surface area (Å²) in [6.07, 6.45) is 0.319. The van der Waals surface area contributed by atoms with E-state index in [9.17, 15) is 31.2 Å². The molecule has 0 aliphatic rings. The van der Waals surface area contributed by atoms with Gasteiger partial charge in [0.2, 0.25) is 9.84 Å². The van der Waals surface area contributed by atoms with Gasteiger partial charge in [0.25, 0.3) is 5.91 Å². The number of nitrogens with one attached hydrogen (secondary N) is 1. The molecule has 2 rings (SSSR count). The van der Waals surface area contributed by atoms with Crippen LogP contribution in [0.5, 0.6) is 0 Å². The molecule has 0 aromatic heterocycles. The van der Waals surface area contributed by atoms with Crippen molar-refractivity contribution in [1.82, 2.24) is 0 Å². The number of aryl methyl sites for hydroxylation is 1. The van der Waals surface area contributed by atoms with E-state index in [1.54, 1.807) is 0 Å². The van der Waals surface area contributed by atoms with Gasteiger partial charge in [0.1, 0.15) is 5.82 Å². The van der Waals surface area contributed by atoms with E-state index in [-0.39, 0.29) is 17.9 Å². The third-order valence-corrected chi connectivity index (χ3v) is 4.99. The SMILES string of the molecule is O=C(COC(=O)CCc1ccc(F)cc1)Nc1ccc(S(=O)(=O)C(F)F)cc1. The molecular formula is C18H16F3NO5S. The summed E-state index contributed by atoms with van der Waals surface area (Å²) in [5, 5.41) is 2.35. The minimum atomic E-state index is -4.71. The van der Waals surface area contributed by atoms with Crippen molar-refractivity contribution in [2.75, 3.05) is 11.9 Å². The quantitative estimate of drug-likeness (QED) is 0.670. The number of halogens is 3. The van der Waals surface area contributed by atoms with Crippen LogP contribution in [-0.2, 0) is 30.6 Å². The second-order valence-electron chi connectivity index (χ2n) is 5.67. The van der Waals surface area contributed by atoms with Crippen LogP contribution in [-0.4, -0.2) is 32.7 Å². The summed E-state index contributed by atoms with van der Waals surface area (Å²) in [5.41, 5.74) is 0.891. The van der Waals surface area contributed by atoms with Crippen molar-refractivity contribution in [2.24, 2.45) is 0 Å². The molecule has 0 atom stereocenters. The van der Waals surface area contributed by atoms with Crippen molar-refractivity contribution in [3.63, 3.8) is 0 Å². The summed E-state index contributed by atoms with van der Waals surface area (Å²) in [6, 6.07) is 9.77. The highest BCUT2D eigenvalue weighted by Crippen LogP contribution is 2.20. The second kappa shape index (κ2) is 9.36. The highest BCUT2D eigenvalue weighted by atomic mass is 32.2. The van der Waals surface area contributed by atoms with Gasteiger partial charge in [0.15, 0.2) is 6.61 Å². The van der Waals surface area contributed by atoms with Gasteiger partial charge in [0, 0.05) is 12.1 Å². The van der Waals surface area contributed by atoms with Gasteiger partial charge in [-0.2, -0.15) is 8.78 Å². The number of carbonyl (C=O) groups excluding carboxylic acids is 2. The first-order valence-corrected chi connectivity index (χ1v) is 9.55. The number of benzene rings is 2. The molecule has 0 unspecified atom stereocenters. The Morgan fingerprint density at radius 2 is 1.61 bits per heavy atom. The van der Waals surface area contributed by atoms with Crippen LogP contribution in [0.4, 0.5) is 18.9 Å². The lowest BCUT2D eigenvalue weighted by atomic mass is 10.1. The van der Waals surface area contributed by atoms with Crippen LogP contribution in [0.2, 0.25) is 0 Å². The van der Waals surface area contributed by atoms with Crippen molar-refractivity contribution in [3.8, 4) is 0 Å². The Bertz CT molecular complexity index is 929. The van der Waals surface area contributed by atoms with Gasteiger partial charge in [-0.05, 0) is 48.4 Å². The fourth-order valence-corrected chi connectivity index (χ4v) is 2.86. The molecule has 2 aromatic rings. The number of rotatable bonds is 8. The molecule has 150 valence electrons. The van der Waals surface area contributed by atoms with Gasteiger partial charge in [-0.3, -0.25) is 9.59 Å². The molecule has 0 saturated carbocycles. The summed E-state index contributed by atoms with van der Waals surface area (Å²) in [6.45, 7) is -0.570. The molecule has 1 amide bonds. The van der Waals surface area contributed by atoms with Crippen molar-refractivity contribution >= 4 is 27.4 Å². The normalized spacial score (nSPS) is 11.3. The van der Waals surface area contributed by atoms with Gasteiger partial charge in [-0.15, -0.1) is 0 Å². The first kappa shape index (κ1) is 21.4. The number of carbonyl (C=O) groups is 2. The first-order valence-electron chi connectivity index (χ1n) is 8.00. The highest BCUT2D eigenvalue weighted by molar-refractivity contribution is 7.91. The fraction of sp³-hybridized carbons (Fsp3) is 0.222. The van der Waals surface area contributed by atoms with E-state index < -0.39 is 39.0 Å². The Balaban J connectivity index is 1.79. The van der Waals surface area contributed by atoms with Crippen molar-refractivity contribution < 1.29 is 35.9 Å². The monoisotopic (exact) mass is 415 g/mol. The van der Waals surface area contributed by atoms with Gasteiger partial charge in [-0.1, -0.05) is 12.1 Å².